The van der Waals surface area contributed by atoms with E-state index < -0.39 is 0 Å². The van der Waals surface area contributed by atoms with Gasteiger partial charge in [-0.1, -0.05) is 0 Å². The minimum Gasteiger partial charge on any atom is -0.466 e. The van der Waals surface area contributed by atoms with E-state index >= 15 is 0 Å². The van der Waals surface area contributed by atoms with E-state index in [9.17, 15) is 0 Å². The maximum Gasteiger partial charge on any atom is 0.251 e. The Balaban J connectivity index is 1.30. The third kappa shape index (κ3) is 2.52. The maximum absolute atomic E-state index is 5.92. The number of hydrogen-bond donors (Lipinski definition) is 0. The van der Waals surface area contributed by atoms with Gasteiger partial charge in [-0.3, -0.25) is 0 Å². The summed E-state index contributed by atoms with van der Waals surface area (Å²) in [6.45, 7) is 3.88. The topological polar surface area (TPSA) is 52.1 Å². The Labute approximate surface area is 146 Å². The summed E-state index contributed by atoms with van der Waals surface area (Å²) in [5, 5.41) is 8.52. The second-order valence-corrected chi connectivity index (χ2v) is 9.66. The molecule has 0 N–H and O–H groups in total. The molecule has 0 saturated heterocycles. The molecule has 0 amide bonds. The van der Waals surface area contributed by atoms with Crippen LogP contribution in [0.15, 0.2) is 14.9 Å². The van der Waals surface area contributed by atoms with Gasteiger partial charge in [-0.15, -0.1) is 22.0 Å². The van der Waals surface area contributed by atoms with Crippen LogP contribution in [-0.4, -0.2) is 14.9 Å². The third-order valence-corrected chi connectivity index (χ3v) is 7.73. The lowest BCUT2D eigenvalue weighted by atomic mass is 9.56. The number of thioether (sulfide) groups is 1. The van der Waals surface area contributed by atoms with E-state index in [2.05, 4.69) is 22.0 Å². The van der Waals surface area contributed by atoms with Crippen LogP contribution in [-0.2, 0) is 5.75 Å². The predicted octanol–water partition coefficient (Wildman–Crippen LogP) is 5.15. The Hall–Kier alpha value is -1.23. The molecular formula is C19H24N2O2S. The fourth-order valence-electron chi connectivity index (χ4n) is 5.69. The molecule has 0 aliphatic heterocycles. The largest absolute Gasteiger partial charge is 0.466 e. The summed E-state index contributed by atoms with van der Waals surface area (Å²) >= 11 is 2.09. The van der Waals surface area contributed by atoms with Crippen LogP contribution in [0.5, 0.6) is 0 Å². The molecule has 2 aromatic heterocycles. The molecule has 128 valence electrons. The number of furan rings is 1. The van der Waals surface area contributed by atoms with Crippen molar-refractivity contribution in [2.75, 3.05) is 0 Å². The first-order valence-electron chi connectivity index (χ1n) is 9.12. The van der Waals surface area contributed by atoms with Crippen molar-refractivity contribution >= 4 is 11.8 Å². The van der Waals surface area contributed by atoms with Crippen LogP contribution >= 0.6 is 11.8 Å². The van der Waals surface area contributed by atoms with Gasteiger partial charge in [0.1, 0.15) is 11.5 Å². The van der Waals surface area contributed by atoms with E-state index in [-0.39, 0.29) is 0 Å². The smallest absolute Gasteiger partial charge is 0.251 e. The second-order valence-electron chi connectivity index (χ2n) is 8.22. The van der Waals surface area contributed by atoms with Crippen LogP contribution in [0.1, 0.15) is 55.9 Å². The van der Waals surface area contributed by atoms with Crippen LogP contribution in [0.4, 0.5) is 0 Å². The Morgan fingerprint density at radius 1 is 1.04 bits per heavy atom. The first kappa shape index (κ1) is 15.1. The first-order chi connectivity index (χ1) is 11.6. The standard InChI is InChI=1S/C19H24N2O2S/c1-11-3-16(12(2)22-11)18-21-20-17(23-18)10-24-19-7-13-4-14(8-19)6-15(5-13)9-19/h3,13-15H,4-10H2,1-2H3. The third-order valence-electron chi connectivity index (χ3n) is 6.22. The van der Waals surface area contributed by atoms with Crippen LogP contribution < -0.4 is 0 Å². The zero-order valence-corrected chi connectivity index (χ0v) is 15.2. The van der Waals surface area contributed by atoms with Gasteiger partial charge in [0, 0.05) is 4.75 Å². The van der Waals surface area contributed by atoms with Gasteiger partial charge in [0.2, 0.25) is 5.89 Å². The number of hydrogen-bond acceptors (Lipinski definition) is 5. The molecule has 4 aliphatic carbocycles. The van der Waals surface area contributed by atoms with E-state index in [0.29, 0.717) is 10.6 Å². The van der Waals surface area contributed by atoms with E-state index in [1.165, 1.54) is 38.5 Å². The van der Waals surface area contributed by atoms with Crippen LogP contribution in [0, 0.1) is 31.6 Å². The Bertz CT molecular complexity index is 728. The predicted molar refractivity (Wildman–Crippen MR) is 93.7 cm³/mol. The van der Waals surface area contributed by atoms with Gasteiger partial charge < -0.3 is 8.83 Å². The fourth-order valence-corrected chi connectivity index (χ4v) is 7.29. The highest BCUT2D eigenvalue weighted by Crippen LogP contribution is 2.61. The Morgan fingerprint density at radius 2 is 1.71 bits per heavy atom. The molecule has 6 rings (SSSR count). The van der Waals surface area contributed by atoms with Gasteiger partial charge in [-0.25, -0.2) is 0 Å². The van der Waals surface area contributed by atoms with Gasteiger partial charge in [0.15, 0.2) is 0 Å². The van der Waals surface area contributed by atoms with E-state index in [0.717, 1.165) is 46.5 Å². The molecule has 4 fully saturated rings. The van der Waals surface area contributed by atoms with Gasteiger partial charge in [-0.2, -0.15) is 0 Å². The van der Waals surface area contributed by atoms with E-state index in [1.807, 2.05) is 19.9 Å². The van der Waals surface area contributed by atoms with Gasteiger partial charge in [0.25, 0.3) is 5.89 Å². The summed E-state index contributed by atoms with van der Waals surface area (Å²) in [7, 11) is 0. The number of aryl methyl sites for hydroxylation is 2. The van der Waals surface area contributed by atoms with Crippen molar-refractivity contribution < 1.29 is 8.83 Å². The molecule has 2 heterocycles. The molecule has 2 aromatic rings. The molecule has 5 heteroatoms. The quantitative estimate of drug-likeness (QED) is 0.768. The summed E-state index contributed by atoms with van der Waals surface area (Å²) in [5.41, 5.74) is 0.922. The average molecular weight is 344 g/mol. The molecule has 4 aliphatic rings. The van der Waals surface area contributed by atoms with E-state index in [1.54, 1.807) is 0 Å². The Morgan fingerprint density at radius 3 is 2.29 bits per heavy atom. The zero-order valence-electron chi connectivity index (χ0n) is 14.4. The molecule has 0 atom stereocenters. The fraction of sp³-hybridized carbons (Fsp3) is 0.684. The Kier molecular flexibility index (Phi) is 3.38. The van der Waals surface area contributed by atoms with Crippen LogP contribution in [0.2, 0.25) is 0 Å². The van der Waals surface area contributed by atoms with Gasteiger partial charge in [0.05, 0.1) is 11.3 Å². The lowest BCUT2D eigenvalue weighted by molar-refractivity contribution is 0.0382. The monoisotopic (exact) mass is 344 g/mol. The molecule has 4 bridgehead atoms. The molecule has 0 unspecified atom stereocenters. The van der Waals surface area contributed by atoms with E-state index in [4.69, 9.17) is 8.83 Å². The minimum absolute atomic E-state index is 0.492. The highest BCUT2D eigenvalue weighted by atomic mass is 32.2. The van der Waals surface area contributed by atoms with Gasteiger partial charge >= 0.3 is 0 Å². The summed E-state index contributed by atoms with van der Waals surface area (Å²) in [5.74, 6) is 6.86. The lowest BCUT2D eigenvalue weighted by Gasteiger charge is -2.56. The lowest BCUT2D eigenvalue weighted by Crippen LogP contribution is -2.48. The summed E-state index contributed by atoms with van der Waals surface area (Å²) in [4.78, 5) is 0. The molecule has 0 spiro atoms. The summed E-state index contributed by atoms with van der Waals surface area (Å²) < 4.78 is 12.0. The minimum atomic E-state index is 0.492. The normalized spacial score (nSPS) is 34.2. The SMILES string of the molecule is Cc1cc(-c2nnc(CSC34CC5CC(CC(C5)C3)C4)o2)c(C)o1. The maximum atomic E-state index is 5.92. The van der Waals surface area contributed by atoms with Crippen molar-refractivity contribution in [2.45, 2.75) is 62.9 Å². The first-order valence-corrected chi connectivity index (χ1v) is 10.1. The summed E-state index contributed by atoms with van der Waals surface area (Å²) in [6, 6.07) is 1.97. The van der Waals surface area contributed by atoms with Crippen molar-refractivity contribution in [2.24, 2.45) is 17.8 Å². The molecule has 4 nitrogen and oxygen atoms in total. The zero-order chi connectivity index (χ0) is 16.3. The highest BCUT2D eigenvalue weighted by molar-refractivity contribution is 7.99. The summed E-state index contributed by atoms with van der Waals surface area (Å²) in [6.07, 6.45) is 8.69. The van der Waals surface area contributed by atoms with Crippen LogP contribution in [0.3, 0.4) is 0 Å². The van der Waals surface area contributed by atoms with Gasteiger partial charge in [-0.05, 0) is 76.2 Å². The number of aromatic nitrogens is 2. The number of rotatable bonds is 4. The van der Waals surface area contributed by atoms with Crippen molar-refractivity contribution in [3.63, 3.8) is 0 Å². The molecule has 0 radical (unpaired) electrons. The molecular weight excluding hydrogens is 320 g/mol. The molecule has 24 heavy (non-hydrogen) atoms. The highest BCUT2D eigenvalue weighted by Gasteiger charge is 2.51. The average Bonchev–Trinajstić information content (AvgIpc) is 3.10. The molecule has 4 saturated carbocycles. The van der Waals surface area contributed by atoms with Crippen molar-refractivity contribution in [1.29, 1.82) is 0 Å². The second kappa shape index (κ2) is 5.38. The van der Waals surface area contributed by atoms with Crippen molar-refractivity contribution in [3.05, 3.63) is 23.5 Å². The van der Waals surface area contributed by atoms with Crippen molar-refractivity contribution in [1.82, 2.24) is 10.2 Å². The number of nitrogens with zero attached hydrogens (tertiary/aromatic N) is 2. The molecule has 0 aromatic carbocycles. The van der Waals surface area contributed by atoms with Crippen LogP contribution in [0.25, 0.3) is 11.5 Å². The van der Waals surface area contributed by atoms with Crippen molar-refractivity contribution in [3.8, 4) is 11.5 Å².